The molecule has 9 nitrogen and oxygen atoms in total. The molecule has 2 aromatic rings. The Morgan fingerprint density at radius 2 is 2.11 bits per heavy atom. The van der Waals surface area contributed by atoms with Crippen LogP contribution in [0.2, 0.25) is 0 Å². The molecule has 144 valence electrons. The summed E-state index contributed by atoms with van der Waals surface area (Å²) in [7, 11) is -3.34. The van der Waals surface area contributed by atoms with E-state index in [4.69, 9.17) is 4.52 Å². The zero-order valence-corrected chi connectivity index (χ0v) is 16.4. The van der Waals surface area contributed by atoms with E-state index in [1.54, 1.807) is 15.8 Å². The Kier molecular flexibility index (Phi) is 3.72. The van der Waals surface area contributed by atoms with Gasteiger partial charge >= 0.3 is 0 Å². The molecule has 3 aliphatic rings. The molecule has 4 heterocycles. The molecule has 5 rings (SSSR count). The van der Waals surface area contributed by atoms with Gasteiger partial charge in [0.15, 0.2) is 5.82 Å². The second-order valence-electron chi connectivity index (χ2n) is 7.77. The summed E-state index contributed by atoms with van der Waals surface area (Å²) in [6.07, 6.45) is 3.35. The molecule has 1 saturated carbocycles. The third-order valence-electron chi connectivity index (χ3n) is 5.73. The van der Waals surface area contributed by atoms with Gasteiger partial charge in [-0.2, -0.15) is 4.98 Å². The fourth-order valence-electron chi connectivity index (χ4n) is 4.07. The van der Waals surface area contributed by atoms with E-state index in [0.717, 1.165) is 12.8 Å². The topological polar surface area (TPSA) is 110 Å². The van der Waals surface area contributed by atoms with Crippen molar-refractivity contribution in [3.63, 3.8) is 0 Å². The van der Waals surface area contributed by atoms with Gasteiger partial charge in [0.05, 0.1) is 17.7 Å². The molecule has 0 N–H and O–H groups in total. The zero-order chi connectivity index (χ0) is 18.8. The van der Waals surface area contributed by atoms with Crippen LogP contribution < -0.4 is 0 Å². The van der Waals surface area contributed by atoms with E-state index in [-0.39, 0.29) is 17.2 Å². The van der Waals surface area contributed by atoms with Gasteiger partial charge in [-0.1, -0.05) is 5.16 Å². The molecule has 27 heavy (non-hydrogen) atoms. The van der Waals surface area contributed by atoms with Gasteiger partial charge in [0.2, 0.25) is 15.9 Å². The number of sulfonamides is 1. The fourth-order valence-corrected chi connectivity index (χ4v) is 5.51. The van der Waals surface area contributed by atoms with Crippen LogP contribution in [0.25, 0.3) is 0 Å². The zero-order valence-electron chi connectivity index (χ0n) is 14.7. The summed E-state index contributed by atoms with van der Waals surface area (Å²) in [6, 6.07) is 0. The van der Waals surface area contributed by atoms with Gasteiger partial charge in [0, 0.05) is 42.9 Å². The van der Waals surface area contributed by atoms with Crippen molar-refractivity contribution >= 4 is 27.3 Å². The van der Waals surface area contributed by atoms with Crippen molar-refractivity contribution in [1.82, 2.24) is 24.3 Å². The van der Waals surface area contributed by atoms with Crippen LogP contribution in [0.5, 0.6) is 0 Å². The number of amides is 1. The molecular formula is C16H19N5O4S2. The average molecular weight is 409 g/mol. The first-order chi connectivity index (χ1) is 12.9. The third kappa shape index (κ3) is 2.88. The lowest BCUT2D eigenvalue weighted by Crippen LogP contribution is -2.61. The molecule has 1 unspecified atom stereocenters. The van der Waals surface area contributed by atoms with E-state index in [1.165, 1.54) is 21.9 Å². The molecule has 1 spiro atoms. The number of aromatic nitrogens is 3. The maximum absolute atomic E-state index is 12.5. The van der Waals surface area contributed by atoms with Gasteiger partial charge in [-0.15, -0.1) is 11.3 Å². The Labute approximate surface area is 160 Å². The quantitative estimate of drug-likeness (QED) is 0.738. The highest BCUT2D eigenvalue weighted by atomic mass is 32.2. The van der Waals surface area contributed by atoms with E-state index in [1.807, 2.05) is 0 Å². The van der Waals surface area contributed by atoms with E-state index in [0.29, 0.717) is 49.5 Å². The molecule has 1 aliphatic carbocycles. The van der Waals surface area contributed by atoms with Crippen molar-refractivity contribution in [2.24, 2.45) is 5.41 Å². The van der Waals surface area contributed by atoms with E-state index in [2.05, 4.69) is 15.1 Å². The summed E-state index contributed by atoms with van der Waals surface area (Å²) in [5.74, 6) is 1.25. The molecule has 2 saturated heterocycles. The molecule has 11 heteroatoms. The second kappa shape index (κ2) is 5.82. The number of rotatable bonds is 4. The predicted octanol–water partition coefficient (Wildman–Crippen LogP) is 0.905. The number of carbonyl (C=O) groups is 1. The summed E-state index contributed by atoms with van der Waals surface area (Å²) in [6.45, 7) is 1.59. The van der Waals surface area contributed by atoms with Crippen molar-refractivity contribution in [2.45, 2.75) is 24.7 Å². The van der Waals surface area contributed by atoms with Gasteiger partial charge in [0.1, 0.15) is 5.69 Å². The summed E-state index contributed by atoms with van der Waals surface area (Å²) >= 11 is 1.38. The van der Waals surface area contributed by atoms with Crippen molar-refractivity contribution < 1.29 is 17.7 Å². The third-order valence-corrected chi connectivity index (χ3v) is 7.54. The average Bonchev–Trinajstić information content (AvgIpc) is 3.06. The highest BCUT2D eigenvalue weighted by Gasteiger charge is 2.59. The number of likely N-dealkylation sites (tertiary alicyclic amines) is 1. The second-order valence-corrected chi connectivity index (χ2v) is 10.5. The minimum absolute atomic E-state index is 0.123. The number of nitrogens with zero attached hydrogens (tertiary/aromatic N) is 5. The Morgan fingerprint density at radius 1 is 1.33 bits per heavy atom. The van der Waals surface area contributed by atoms with Crippen LogP contribution >= 0.6 is 11.3 Å². The minimum atomic E-state index is -3.34. The summed E-state index contributed by atoms with van der Waals surface area (Å²) < 4.78 is 31.2. The monoisotopic (exact) mass is 409 g/mol. The van der Waals surface area contributed by atoms with Crippen molar-refractivity contribution in [2.75, 3.05) is 32.4 Å². The van der Waals surface area contributed by atoms with Crippen LogP contribution in [0, 0.1) is 5.41 Å². The summed E-state index contributed by atoms with van der Waals surface area (Å²) in [5, 5.41) is 5.81. The predicted molar refractivity (Wildman–Crippen MR) is 95.9 cm³/mol. The minimum Gasteiger partial charge on any atom is -0.339 e. The molecule has 2 aliphatic heterocycles. The normalized spacial score (nSPS) is 25.1. The summed E-state index contributed by atoms with van der Waals surface area (Å²) in [4.78, 5) is 22.9. The van der Waals surface area contributed by atoms with Gasteiger partial charge in [-0.3, -0.25) is 4.79 Å². The summed E-state index contributed by atoms with van der Waals surface area (Å²) in [5.41, 5.74) is 1.67. The van der Waals surface area contributed by atoms with Crippen molar-refractivity contribution in [1.29, 1.82) is 0 Å². The lowest BCUT2D eigenvalue weighted by atomic mass is 9.71. The Bertz CT molecular complexity index is 976. The van der Waals surface area contributed by atoms with Gasteiger partial charge < -0.3 is 9.42 Å². The van der Waals surface area contributed by atoms with Crippen LogP contribution in [0.15, 0.2) is 15.4 Å². The molecule has 3 fully saturated rings. The highest BCUT2D eigenvalue weighted by Crippen LogP contribution is 2.50. The first-order valence-electron chi connectivity index (χ1n) is 8.82. The smallest absolute Gasteiger partial charge is 0.273 e. The molecular weight excluding hydrogens is 390 g/mol. The first kappa shape index (κ1) is 17.3. The largest absolute Gasteiger partial charge is 0.339 e. The number of hydrogen-bond acceptors (Lipinski definition) is 8. The maximum atomic E-state index is 12.5. The maximum Gasteiger partial charge on any atom is 0.273 e. The molecule has 1 atom stereocenters. The Morgan fingerprint density at radius 3 is 2.74 bits per heavy atom. The van der Waals surface area contributed by atoms with Gasteiger partial charge in [-0.25, -0.2) is 17.7 Å². The lowest BCUT2D eigenvalue weighted by Gasteiger charge is -2.49. The van der Waals surface area contributed by atoms with Crippen molar-refractivity contribution in [3.05, 3.63) is 28.3 Å². The number of hydrogen-bond donors (Lipinski definition) is 0. The van der Waals surface area contributed by atoms with Gasteiger partial charge in [-0.05, 0) is 12.8 Å². The fraction of sp³-hybridized carbons (Fsp3) is 0.625. The molecule has 0 bridgehead atoms. The first-order valence-corrected chi connectivity index (χ1v) is 11.6. The Hall–Kier alpha value is -1.85. The van der Waals surface area contributed by atoms with Crippen LogP contribution in [0.4, 0.5) is 0 Å². The lowest BCUT2D eigenvalue weighted by molar-refractivity contribution is 0.000945. The molecule has 0 aromatic carbocycles. The highest BCUT2D eigenvalue weighted by molar-refractivity contribution is 7.88. The SMILES string of the molecule is CS(=O)(=O)N1CC(c2nc(C3CC3)no2)C2(CN(C(=O)c3cscn3)C2)C1. The number of carbonyl (C=O) groups excluding carboxylic acids is 1. The molecule has 1 amide bonds. The van der Waals surface area contributed by atoms with E-state index >= 15 is 0 Å². The molecule has 2 aromatic heterocycles. The van der Waals surface area contributed by atoms with E-state index in [9.17, 15) is 13.2 Å². The standard InChI is InChI=1S/C16H19N5O4S2/c1-27(23,24)21-4-11(14-18-13(19-25-14)10-2-3-10)16(8-21)6-20(7-16)15(22)12-5-26-9-17-12/h5,9-11H,2-4,6-8H2,1H3. The van der Waals surface area contributed by atoms with Crippen LogP contribution in [-0.2, 0) is 10.0 Å². The Balaban J connectivity index is 1.41. The van der Waals surface area contributed by atoms with Crippen molar-refractivity contribution in [3.8, 4) is 0 Å². The van der Waals surface area contributed by atoms with Crippen LogP contribution in [-0.4, -0.2) is 71.1 Å². The molecule has 0 radical (unpaired) electrons. The number of thiazole rings is 1. The van der Waals surface area contributed by atoms with Crippen LogP contribution in [0.1, 0.15) is 46.9 Å². The van der Waals surface area contributed by atoms with Gasteiger partial charge in [0.25, 0.3) is 5.91 Å². The van der Waals surface area contributed by atoms with E-state index < -0.39 is 10.0 Å². The van der Waals surface area contributed by atoms with Crippen LogP contribution in [0.3, 0.4) is 0 Å².